The molecule has 2 aromatic carbocycles. The Balaban J connectivity index is 1.60. The summed E-state index contributed by atoms with van der Waals surface area (Å²) < 4.78 is 10.5. The number of benzene rings is 2. The molecule has 0 aliphatic carbocycles. The summed E-state index contributed by atoms with van der Waals surface area (Å²) in [4.78, 5) is 27.6. The maximum absolute atomic E-state index is 12.0. The maximum Gasteiger partial charge on any atom is 0.357 e. The zero-order valence-corrected chi connectivity index (χ0v) is 14.3. The molecule has 1 amide bonds. The van der Waals surface area contributed by atoms with E-state index in [2.05, 4.69) is 10.3 Å². The predicted octanol–water partition coefficient (Wildman–Crippen LogP) is 3.49. The number of ether oxygens (including phenoxy) is 2. The predicted molar refractivity (Wildman–Crippen MR) is 96.1 cm³/mol. The van der Waals surface area contributed by atoms with E-state index in [1.165, 1.54) is 0 Å². The minimum absolute atomic E-state index is 0.150. The Morgan fingerprint density at radius 1 is 1.16 bits per heavy atom. The Hall–Kier alpha value is -2.93. The quantitative estimate of drug-likeness (QED) is 0.684. The minimum atomic E-state index is -0.508. The molecule has 128 valence electrons. The largest absolute Gasteiger partial charge is 0.483 e. The van der Waals surface area contributed by atoms with E-state index in [0.717, 1.165) is 22.1 Å². The van der Waals surface area contributed by atoms with Gasteiger partial charge in [0, 0.05) is 10.8 Å². The highest BCUT2D eigenvalue weighted by atomic mass is 32.1. The van der Waals surface area contributed by atoms with Crippen molar-refractivity contribution >= 4 is 39.1 Å². The summed E-state index contributed by atoms with van der Waals surface area (Å²) in [6.45, 7) is 1.84. The van der Waals surface area contributed by atoms with E-state index >= 15 is 0 Å². The van der Waals surface area contributed by atoms with Crippen LogP contribution in [0.2, 0.25) is 0 Å². The summed E-state index contributed by atoms with van der Waals surface area (Å²) in [6, 6.07) is 13.5. The van der Waals surface area contributed by atoms with Crippen LogP contribution in [-0.2, 0) is 9.53 Å². The Morgan fingerprint density at radius 3 is 2.80 bits per heavy atom. The molecule has 0 unspecified atom stereocenters. The second kappa shape index (κ2) is 7.76. The van der Waals surface area contributed by atoms with Gasteiger partial charge in [-0.25, -0.2) is 9.78 Å². The number of aromatic nitrogens is 1. The number of anilines is 1. The third kappa shape index (κ3) is 4.13. The number of amides is 1. The van der Waals surface area contributed by atoms with E-state index < -0.39 is 5.97 Å². The van der Waals surface area contributed by atoms with E-state index in [-0.39, 0.29) is 24.8 Å². The lowest BCUT2D eigenvalue weighted by atomic mass is 10.1. The second-order valence-electron chi connectivity index (χ2n) is 5.07. The molecule has 0 radical (unpaired) electrons. The number of hydrogen-bond acceptors (Lipinski definition) is 6. The Kier molecular flexibility index (Phi) is 5.25. The van der Waals surface area contributed by atoms with E-state index in [0.29, 0.717) is 10.9 Å². The van der Waals surface area contributed by atoms with Crippen LogP contribution in [-0.4, -0.2) is 30.1 Å². The molecule has 25 heavy (non-hydrogen) atoms. The first-order chi connectivity index (χ1) is 12.2. The van der Waals surface area contributed by atoms with Crippen molar-refractivity contribution in [2.24, 2.45) is 0 Å². The summed E-state index contributed by atoms with van der Waals surface area (Å²) in [6.07, 6.45) is 0. The van der Waals surface area contributed by atoms with Gasteiger partial charge in [0.25, 0.3) is 5.91 Å². The van der Waals surface area contributed by atoms with Gasteiger partial charge in [-0.2, -0.15) is 0 Å². The number of nitrogens with zero attached hydrogens (tertiary/aromatic N) is 1. The number of thiazole rings is 1. The Bertz CT molecular complexity index is 901. The number of carbonyl (C=O) groups excluding carboxylic acids is 2. The molecule has 3 rings (SSSR count). The summed E-state index contributed by atoms with van der Waals surface area (Å²) >= 11 is 1.16. The van der Waals surface area contributed by atoms with Gasteiger partial charge in [0.2, 0.25) is 0 Å². The molecule has 0 atom stereocenters. The van der Waals surface area contributed by atoms with Gasteiger partial charge in [-0.05, 0) is 18.4 Å². The highest BCUT2D eigenvalue weighted by molar-refractivity contribution is 7.14. The molecular formula is C18H16N2O4S. The van der Waals surface area contributed by atoms with Crippen molar-refractivity contribution in [1.29, 1.82) is 0 Å². The fraction of sp³-hybridized carbons (Fsp3) is 0.167. The highest BCUT2D eigenvalue weighted by Crippen LogP contribution is 2.25. The molecule has 0 aliphatic heterocycles. The zero-order chi connectivity index (χ0) is 17.6. The second-order valence-corrected chi connectivity index (χ2v) is 5.93. The van der Waals surface area contributed by atoms with Crippen LogP contribution in [0, 0.1) is 0 Å². The minimum Gasteiger partial charge on any atom is -0.483 e. The van der Waals surface area contributed by atoms with Crippen molar-refractivity contribution in [2.75, 3.05) is 18.5 Å². The van der Waals surface area contributed by atoms with Gasteiger partial charge in [-0.3, -0.25) is 10.1 Å². The van der Waals surface area contributed by atoms with E-state index in [1.807, 2.05) is 42.5 Å². The number of hydrogen-bond donors (Lipinski definition) is 1. The van der Waals surface area contributed by atoms with Crippen molar-refractivity contribution < 1.29 is 19.1 Å². The average molecular weight is 356 g/mol. The maximum atomic E-state index is 12.0. The topological polar surface area (TPSA) is 77.5 Å². The number of esters is 1. The first kappa shape index (κ1) is 16.9. The van der Waals surface area contributed by atoms with Crippen LogP contribution in [0.4, 0.5) is 5.13 Å². The van der Waals surface area contributed by atoms with Crippen molar-refractivity contribution in [2.45, 2.75) is 6.92 Å². The highest BCUT2D eigenvalue weighted by Gasteiger charge is 2.13. The molecule has 0 saturated heterocycles. The van der Waals surface area contributed by atoms with Crippen LogP contribution in [0.1, 0.15) is 17.4 Å². The third-order valence-corrected chi connectivity index (χ3v) is 4.10. The standard InChI is InChI=1S/C18H16N2O4S/c1-2-23-17(22)14-11-25-18(19-14)20-16(21)10-24-15-9-5-7-12-6-3-4-8-13(12)15/h3-9,11H,2,10H2,1H3,(H,19,20,21). The summed E-state index contributed by atoms with van der Waals surface area (Å²) in [5, 5.41) is 6.46. The molecule has 0 fully saturated rings. The lowest BCUT2D eigenvalue weighted by Gasteiger charge is -2.08. The van der Waals surface area contributed by atoms with Crippen LogP contribution in [0.15, 0.2) is 47.8 Å². The van der Waals surface area contributed by atoms with Crippen molar-refractivity contribution in [1.82, 2.24) is 4.98 Å². The molecule has 0 bridgehead atoms. The van der Waals surface area contributed by atoms with Gasteiger partial charge >= 0.3 is 5.97 Å². The first-order valence-corrected chi connectivity index (χ1v) is 8.58. The third-order valence-electron chi connectivity index (χ3n) is 3.34. The van der Waals surface area contributed by atoms with E-state index in [9.17, 15) is 9.59 Å². The van der Waals surface area contributed by atoms with Crippen molar-refractivity contribution in [3.63, 3.8) is 0 Å². The molecule has 0 saturated carbocycles. The lowest BCUT2D eigenvalue weighted by molar-refractivity contribution is -0.118. The number of rotatable bonds is 6. The summed E-state index contributed by atoms with van der Waals surface area (Å²) in [5.74, 6) is -0.219. The van der Waals surface area contributed by atoms with Crippen LogP contribution in [0.5, 0.6) is 5.75 Å². The van der Waals surface area contributed by atoms with Crippen LogP contribution >= 0.6 is 11.3 Å². The lowest BCUT2D eigenvalue weighted by Crippen LogP contribution is -2.20. The number of carbonyl (C=O) groups is 2. The van der Waals surface area contributed by atoms with Crippen molar-refractivity contribution in [3.8, 4) is 5.75 Å². The molecule has 7 heteroatoms. The first-order valence-electron chi connectivity index (χ1n) is 7.70. The molecule has 0 spiro atoms. The van der Waals surface area contributed by atoms with E-state index in [4.69, 9.17) is 9.47 Å². The van der Waals surface area contributed by atoms with Crippen LogP contribution in [0.3, 0.4) is 0 Å². The smallest absolute Gasteiger partial charge is 0.357 e. The Morgan fingerprint density at radius 2 is 1.96 bits per heavy atom. The molecule has 6 nitrogen and oxygen atoms in total. The monoisotopic (exact) mass is 356 g/mol. The van der Waals surface area contributed by atoms with Gasteiger partial charge in [-0.15, -0.1) is 11.3 Å². The van der Waals surface area contributed by atoms with Gasteiger partial charge in [0.05, 0.1) is 6.61 Å². The molecule has 3 aromatic rings. The fourth-order valence-corrected chi connectivity index (χ4v) is 2.95. The number of fused-ring (bicyclic) bond motifs is 1. The fourth-order valence-electron chi connectivity index (χ4n) is 2.25. The average Bonchev–Trinajstić information content (AvgIpc) is 3.08. The van der Waals surface area contributed by atoms with E-state index in [1.54, 1.807) is 12.3 Å². The van der Waals surface area contributed by atoms with Crippen molar-refractivity contribution in [3.05, 3.63) is 53.5 Å². The Labute approximate surface area is 148 Å². The van der Waals surface area contributed by atoms with Crippen LogP contribution < -0.4 is 10.1 Å². The molecular weight excluding hydrogens is 340 g/mol. The number of nitrogens with one attached hydrogen (secondary N) is 1. The normalized spacial score (nSPS) is 10.4. The van der Waals surface area contributed by atoms with Crippen LogP contribution in [0.25, 0.3) is 10.8 Å². The van der Waals surface area contributed by atoms with Gasteiger partial charge in [0.1, 0.15) is 5.75 Å². The molecule has 1 heterocycles. The van der Waals surface area contributed by atoms with Gasteiger partial charge in [-0.1, -0.05) is 36.4 Å². The zero-order valence-electron chi connectivity index (χ0n) is 13.5. The van der Waals surface area contributed by atoms with Gasteiger partial charge < -0.3 is 9.47 Å². The summed E-state index contributed by atoms with van der Waals surface area (Å²) in [7, 11) is 0. The SMILES string of the molecule is CCOC(=O)c1csc(NC(=O)COc2cccc3ccccc23)n1. The molecule has 1 N–H and O–H groups in total. The molecule has 0 aliphatic rings. The summed E-state index contributed by atoms with van der Waals surface area (Å²) in [5.41, 5.74) is 0.178. The molecule has 1 aromatic heterocycles. The van der Waals surface area contributed by atoms with Gasteiger partial charge in [0.15, 0.2) is 17.4 Å².